The number of aliphatic hydroxyl groups is 1. The van der Waals surface area contributed by atoms with Crippen molar-refractivity contribution in [2.24, 2.45) is 0 Å². The van der Waals surface area contributed by atoms with E-state index in [0.29, 0.717) is 29.8 Å². The molecular formula is C18H23NO6. The lowest BCUT2D eigenvalue weighted by Gasteiger charge is -2.46. The van der Waals surface area contributed by atoms with Crippen LogP contribution in [0, 0.1) is 0 Å². The third-order valence-electron chi connectivity index (χ3n) is 5.07. The van der Waals surface area contributed by atoms with Crippen molar-refractivity contribution in [2.45, 2.75) is 50.5 Å². The molecule has 136 valence electrons. The van der Waals surface area contributed by atoms with Crippen molar-refractivity contribution >= 4 is 11.9 Å². The van der Waals surface area contributed by atoms with Gasteiger partial charge in [0, 0.05) is 5.56 Å². The number of methoxy groups -OCH3 is 1. The van der Waals surface area contributed by atoms with E-state index in [1.807, 2.05) is 0 Å². The van der Waals surface area contributed by atoms with Crippen molar-refractivity contribution in [3.05, 3.63) is 29.3 Å². The number of carboxylic acid groups (broad SMARTS) is 1. The number of aliphatic carboxylic acids is 1. The van der Waals surface area contributed by atoms with Crippen molar-refractivity contribution in [1.82, 2.24) is 4.90 Å². The Labute approximate surface area is 146 Å². The number of aliphatic hydroxyl groups excluding tert-OH is 1. The van der Waals surface area contributed by atoms with Gasteiger partial charge in [-0.2, -0.15) is 0 Å². The number of rotatable bonds is 3. The molecule has 1 aromatic rings. The van der Waals surface area contributed by atoms with Gasteiger partial charge in [-0.1, -0.05) is 0 Å². The largest absolute Gasteiger partial charge is 0.485 e. The summed E-state index contributed by atoms with van der Waals surface area (Å²) in [6.45, 7) is 4.11. The third-order valence-corrected chi connectivity index (χ3v) is 5.07. The smallest absolute Gasteiger partial charge is 0.337 e. The highest BCUT2D eigenvalue weighted by Gasteiger charge is 2.49. The fraction of sp³-hybridized carbons (Fsp3) is 0.556. The van der Waals surface area contributed by atoms with Crippen LogP contribution in [-0.4, -0.2) is 58.5 Å². The van der Waals surface area contributed by atoms with Crippen molar-refractivity contribution in [1.29, 1.82) is 0 Å². The monoisotopic (exact) mass is 349 g/mol. The predicted octanol–water partition coefficient (Wildman–Crippen LogP) is 1.60. The van der Waals surface area contributed by atoms with Gasteiger partial charge >= 0.3 is 11.9 Å². The Morgan fingerprint density at radius 1 is 1.36 bits per heavy atom. The number of likely N-dealkylation sites (tertiary alicyclic amines) is 1. The molecule has 25 heavy (non-hydrogen) atoms. The number of benzene rings is 1. The van der Waals surface area contributed by atoms with Gasteiger partial charge in [0.1, 0.15) is 23.5 Å². The summed E-state index contributed by atoms with van der Waals surface area (Å²) in [6.07, 6.45) is 0.340. The standard InChI is InChI=1S/C18H23NO6/c1-18(2)15(20)14(19-8-4-5-12(19)16(21)22)11-9-10(17(23)24-3)6-7-13(11)25-18/h6-7,9,12,14-15,20H,4-5,8H2,1-3H3,(H,21,22)/t12?,14-,15+/m1/s1. The molecule has 0 spiro atoms. The third kappa shape index (κ3) is 2.98. The summed E-state index contributed by atoms with van der Waals surface area (Å²) in [5, 5.41) is 20.4. The molecule has 0 saturated carbocycles. The molecule has 2 N–H and O–H groups in total. The number of carbonyl (C=O) groups excluding carboxylic acids is 1. The molecule has 7 nitrogen and oxygen atoms in total. The normalized spacial score (nSPS) is 28.1. The van der Waals surface area contributed by atoms with Crippen LogP contribution in [0.5, 0.6) is 5.75 Å². The average molecular weight is 349 g/mol. The molecule has 1 unspecified atom stereocenters. The summed E-state index contributed by atoms with van der Waals surface area (Å²) in [4.78, 5) is 25.3. The minimum absolute atomic E-state index is 0.341. The maximum atomic E-state index is 11.9. The molecule has 1 fully saturated rings. The minimum Gasteiger partial charge on any atom is -0.485 e. The zero-order chi connectivity index (χ0) is 18.4. The van der Waals surface area contributed by atoms with Crippen LogP contribution >= 0.6 is 0 Å². The lowest BCUT2D eigenvalue weighted by Crippen LogP contribution is -2.55. The number of carboxylic acids is 1. The highest BCUT2D eigenvalue weighted by atomic mass is 16.5. The van der Waals surface area contributed by atoms with Crippen LogP contribution in [0.2, 0.25) is 0 Å². The Bertz CT molecular complexity index is 701. The number of nitrogens with zero attached hydrogens (tertiary/aromatic N) is 1. The second-order valence-electron chi connectivity index (χ2n) is 7.07. The van der Waals surface area contributed by atoms with E-state index < -0.39 is 35.7 Å². The number of hydrogen-bond acceptors (Lipinski definition) is 6. The first-order chi connectivity index (χ1) is 11.8. The van der Waals surface area contributed by atoms with Crippen LogP contribution in [0.4, 0.5) is 0 Å². The maximum absolute atomic E-state index is 11.9. The summed E-state index contributed by atoms with van der Waals surface area (Å²) in [5.41, 5.74) is 0.0755. The Morgan fingerprint density at radius 3 is 2.72 bits per heavy atom. The molecule has 0 bridgehead atoms. The fourth-order valence-electron chi connectivity index (χ4n) is 3.76. The molecular weight excluding hydrogens is 326 g/mol. The van der Waals surface area contributed by atoms with Gasteiger partial charge in [0.2, 0.25) is 0 Å². The second-order valence-corrected chi connectivity index (χ2v) is 7.07. The van der Waals surface area contributed by atoms with Crippen LogP contribution < -0.4 is 4.74 Å². The maximum Gasteiger partial charge on any atom is 0.337 e. The molecule has 7 heteroatoms. The molecule has 1 aromatic carbocycles. The van der Waals surface area contributed by atoms with Crippen LogP contribution in [0.1, 0.15) is 48.7 Å². The second kappa shape index (κ2) is 6.31. The predicted molar refractivity (Wildman–Crippen MR) is 88.6 cm³/mol. The highest BCUT2D eigenvalue weighted by Crippen LogP contribution is 2.45. The van der Waals surface area contributed by atoms with Crippen molar-refractivity contribution in [3.8, 4) is 5.75 Å². The summed E-state index contributed by atoms with van der Waals surface area (Å²) in [7, 11) is 1.30. The summed E-state index contributed by atoms with van der Waals surface area (Å²) >= 11 is 0. The van der Waals surface area contributed by atoms with Crippen LogP contribution in [0.25, 0.3) is 0 Å². The number of ether oxygens (including phenoxy) is 2. The van der Waals surface area contributed by atoms with E-state index in [4.69, 9.17) is 9.47 Å². The molecule has 3 atom stereocenters. The van der Waals surface area contributed by atoms with E-state index in [2.05, 4.69) is 0 Å². The number of esters is 1. The molecule has 2 aliphatic rings. The Morgan fingerprint density at radius 2 is 2.08 bits per heavy atom. The van der Waals surface area contributed by atoms with Crippen LogP contribution in [-0.2, 0) is 9.53 Å². The Balaban J connectivity index is 2.10. The number of carbonyl (C=O) groups is 2. The van der Waals surface area contributed by atoms with E-state index in [1.165, 1.54) is 7.11 Å². The zero-order valence-electron chi connectivity index (χ0n) is 14.6. The van der Waals surface area contributed by atoms with Gasteiger partial charge in [0.05, 0.1) is 18.7 Å². The van der Waals surface area contributed by atoms with Gasteiger partial charge in [0.25, 0.3) is 0 Å². The lowest BCUT2D eigenvalue weighted by atomic mass is 9.84. The summed E-state index contributed by atoms with van der Waals surface area (Å²) < 4.78 is 10.7. The molecule has 1 saturated heterocycles. The van der Waals surface area contributed by atoms with Gasteiger partial charge in [-0.05, 0) is 51.4 Å². The molecule has 2 aliphatic heterocycles. The van der Waals surface area contributed by atoms with E-state index in [-0.39, 0.29) is 0 Å². The first-order valence-electron chi connectivity index (χ1n) is 8.34. The van der Waals surface area contributed by atoms with Gasteiger partial charge in [-0.3, -0.25) is 9.69 Å². The van der Waals surface area contributed by atoms with Crippen molar-refractivity contribution < 1.29 is 29.3 Å². The minimum atomic E-state index is -0.937. The van der Waals surface area contributed by atoms with E-state index in [1.54, 1.807) is 36.9 Å². The van der Waals surface area contributed by atoms with E-state index in [0.717, 1.165) is 6.42 Å². The lowest BCUT2D eigenvalue weighted by molar-refractivity contribution is -0.147. The highest BCUT2D eigenvalue weighted by molar-refractivity contribution is 5.89. The Hall–Kier alpha value is -2.12. The SMILES string of the molecule is COC(=O)c1ccc2c(c1)[C@@H](N1CCCC1C(=O)O)[C@H](O)C(C)(C)O2. The molecule has 0 aliphatic carbocycles. The summed E-state index contributed by atoms with van der Waals surface area (Å²) in [6, 6.07) is 3.68. The fourth-order valence-corrected chi connectivity index (χ4v) is 3.76. The van der Waals surface area contributed by atoms with E-state index >= 15 is 0 Å². The first-order valence-corrected chi connectivity index (χ1v) is 8.34. The molecule has 3 rings (SSSR count). The topological polar surface area (TPSA) is 96.3 Å². The van der Waals surface area contributed by atoms with Gasteiger partial charge < -0.3 is 19.7 Å². The number of fused-ring (bicyclic) bond motifs is 1. The van der Waals surface area contributed by atoms with Gasteiger partial charge in [0.15, 0.2) is 0 Å². The number of hydrogen-bond donors (Lipinski definition) is 2. The van der Waals surface area contributed by atoms with Gasteiger partial charge in [-0.25, -0.2) is 4.79 Å². The summed E-state index contributed by atoms with van der Waals surface area (Å²) in [5.74, 6) is -0.847. The van der Waals surface area contributed by atoms with Crippen molar-refractivity contribution in [3.63, 3.8) is 0 Å². The van der Waals surface area contributed by atoms with Gasteiger partial charge in [-0.15, -0.1) is 0 Å². The van der Waals surface area contributed by atoms with Crippen LogP contribution in [0.15, 0.2) is 18.2 Å². The van der Waals surface area contributed by atoms with Crippen LogP contribution in [0.3, 0.4) is 0 Å². The average Bonchev–Trinajstić information content (AvgIpc) is 3.04. The van der Waals surface area contributed by atoms with E-state index in [9.17, 15) is 19.8 Å². The zero-order valence-corrected chi connectivity index (χ0v) is 14.6. The quantitative estimate of drug-likeness (QED) is 0.800. The van der Waals surface area contributed by atoms with Crippen molar-refractivity contribution in [2.75, 3.05) is 13.7 Å². The molecule has 0 aromatic heterocycles. The first kappa shape index (κ1) is 17.7. The Kier molecular flexibility index (Phi) is 4.47. The molecule has 0 amide bonds. The molecule has 2 heterocycles. The molecule has 0 radical (unpaired) electrons.